The van der Waals surface area contributed by atoms with Crippen molar-refractivity contribution in [1.82, 2.24) is 5.32 Å². The Morgan fingerprint density at radius 1 is 1.38 bits per heavy atom. The highest BCUT2D eigenvalue weighted by atomic mass is 15.2. The molecule has 88 valence electrons. The third-order valence-electron chi connectivity index (χ3n) is 3.54. The first-order valence-electron chi connectivity index (χ1n) is 6.27. The van der Waals surface area contributed by atoms with E-state index in [0.717, 1.165) is 12.5 Å². The van der Waals surface area contributed by atoms with E-state index in [4.69, 9.17) is 0 Å². The van der Waals surface area contributed by atoms with Crippen LogP contribution in [0.3, 0.4) is 0 Å². The van der Waals surface area contributed by atoms with Gasteiger partial charge in [-0.3, -0.25) is 0 Å². The fourth-order valence-corrected chi connectivity index (χ4v) is 2.34. The lowest BCUT2D eigenvalue weighted by molar-refractivity contribution is 0.575. The van der Waals surface area contributed by atoms with Crippen LogP contribution in [0.2, 0.25) is 0 Å². The van der Waals surface area contributed by atoms with E-state index in [-0.39, 0.29) is 0 Å². The molecule has 0 spiro atoms. The maximum atomic E-state index is 3.40. The zero-order chi connectivity index (χ0) is 11.5. The molecule has 0 aliphatic heterocycles. The van der Waals surface area contributed by atoms with Gasteiger partial charge in [0.25, 0.3) is 0 Å². The third kappa shape index (κ3) is 2.22. The monoisotopic (exact) mass is 218 g/mol. The number of anilines is 1. The van der Waals surface area contributed by atoms with Crippen LogP contribution >= 0.6 is 0 Å². The molecule has 2 heteroatoms. The highest BCUT2D eigenvalue weighted by Crippen LogP contribution is 2.34. The fourth-order valence-electron chi connectivity index (χ4n) is 2.34. The number of para-hydroxylation sites is 1. The number of benzene rings is 1. The van der Waals surface area contributed by atoms with Crippen molar-refractivity contribution in [3.8, 4) is 0 Å². The zero-order valence-corrected chi connectivity index (χ0v) is 10.5. The van der Waals surface area contributed by atoms with Gasteiger partial charge in [-0.2, -0.15) is 0 Å². The number of hydrogen-bond donors (Lipinski definition) is 1. The first kappa shape index (κ1) is 11.5. The zero-order valence-electron chi connectivity index (χ0n) is 10.5. The Morgan fingerprint density at radius 2 is 2.06 bits per heavy atom. The molecule has 2 rings (SSSR count). The lowest BCUT2D eigenvalue weighted by atomic mass is 10.0. The van der Waals surface area contributed by atoms with Gasteiger partial charge in [0.1, 0.15) is 0 Å². The van der Waals surface area contributed by atoms with Gasteiger partial charge in [0.2, 0.25) is 0 Å². The van der Waals surface area contributed by atoms with Gasteiger partial charge in [-0.25, -0.2) is 0 Å². The molecule has 16 heavy (non-hydrogen) atoms. The molecule has 1 aromatic carbocycles. The van der Waals surface area contributed by atoms with Crippen molar-refractivity contribution in [2.24, 2.45) is 0 Å². The van der Waals surface area contributed by atoms with Crippen molar-refractivity contribution in [2.75, 3.05) is 19.0 Å². The quantitative estimate of drug-likeness (QED) is 0.817. The molecule has 2 nitrogen and oxygen atoms in total. The minimum absolute atomic E-state index is 0.470. The van der Waals surface area contributed by atoms with Gasteiger partial charge >= 0.3 is 0 Å². The molecule has 1 aliphatic carbocycles. The molecule has 1 saturated carbocycles. The SMILES string of the molecule is CCC(NC)c1ccccc1N(C)C1CC1. The standard InChI is InChI=1S/C14H22N2/c1-4-13(15-2)12-7-5-6-8-14(12)16(3)11-9-10-11/h5-8,11,13,15H,4,9-10H2,1-3H3. The van der Waals surface area contributed by atoms with E-state index < -0.39 is 0 Å². The largest absolute Gasteiger partial charge is 0.371 e. The summed E-state index contributed by atoms with van der Waals surface area (Å²) in [6.07, 6.45) is 3.83. The second-order valence-corrected chi connectivity index (χ2v) is 4.65. The number of hydrogen-bond acceptors (Lipinski definition) is 2. The lowest BCUT2D eigenvalue weighted by Gasteiger charge is -2.26. The smallest absolute Gasteiger partial charge is 0.0414 e. The van der Waals surface area contributed by atoms with Gasteiger partial charge in [-0.15, -0.1) is 0 Å². The van der Waals surface area contributed by atoms with E-state index in [0.29, 0.717) is 6.04 Å². The molecule has 1 fully saturated rings. The summed E-state index contributed by atoms with van der Waals surface area (Å²) in [5, 5.41) is 3.40. The summed E-state index contributed by atoms with van der Waals surface area (Å²) in [6.45, 7) is 2.23. The molecule has 0 heterocycles. The Hall–Kier alpha value is -1.02. The van der Waals surface area contributed by atoms with Crippen molar-refractivity contribution in [3.05, 3.63) is 29.8 Å². The lowest BCUT2D eigenvalue weighted by Crippen LogP contribution is -2.24. The molecule has 1 unspecified atom stereocenters. The van der Waals surface area contributed by atoms with Crippen LogP contribution in [0.15, 0.2) is 24.3 Å². The van der Waals surface area contributed by atoms with E-state index in [1.807, 2.05) is 7.05 Å². The summed E-state index contributed by atoms with van der Waals surface area (Å²) in [5.41, 5.74) is 2.83. The summed E-state index contributed by atoms with van der Waals surface area (Å²) in [7, 11) is 4.26. The van der Waals surface area contributed by atoms with Crippen LogP contribution in [-0.2, 0) is 0 Å². The molecule has 0 bridgehead atoms. The molecule has 0 radical (unpaired) electrons. The highest BCUT2D eigenvalue weighted by molar-refractivity contribution is 5.56. The first-order valence-corrected chi connectivity index (χ1v) is 6.27. The predicted molar refractivity (Wildman–Crippen MR) is 70.0 cm³/mol. The number of nitrogens with zero attached hydrogens (tertiary/aromatic N) is 1. The predicted octanol–water partition coefficient (Wildman–Crippen LogP) is 2.96. The number of rotatable bonds is 5. The molecule has 0 aromatic heterocycles. The summed E-state index contributed by atoms with van der Waals surface area (Å²) in [5.74, 6) is 0. The molecule has 1 atom stereocenters. The fraction of sp³-hybridized carbons (Fsp3) is 0.571. The average Bonchev–Trinajstić information content (AvgIpc) is 3.14. The normalized spacial score (nSPS) is 17.2. The summed E-state index contributed by atoms with van der Waals surface area (Å²) in [4.78, 5) is 2.44. The molecule has 0 saturated heterocycles. The van der Waals surface area contributed by atoms with Crippen LogP contribution in [0, 0.1) is 0 Å². The summed E-state index contributed by atoms with van der Waals surface area (Å²) < 4.78 is 0. The van der Waals surface area contributed by atoms with Crippen molar-refractivity contribution < 1.29 is 0 Å². The maximum absolute atomic E-state index is 3.40. The summed E-state index contributed by atoms with van der Waals surface area (Å²) in [6, 6.07) is 10.0. The summed E-state index contributed by atoms with van der Waals surface area (Å²) >= 11 is 0. The Morgan fingerprint density at radius 3 is 2.62 bits per heavy atom. The van der Waals surface area contributed by atoms with Crippen molar-refractivity contribution in [1.29, 1.82) is 0 Å². The first-order chi connectivity index (χ1) is 7.77. The van der Waals surface area contributed by atoms with Crippen molar-refractivity contribution in [2.45, 2.75) is 38.3 Å². The molecule has 1 aliphatic rings. The molecule has 1 aromatic rings. The maximum Gasteiger partial charge on any atom is 0.0414 e. The van der Waals surface area contributed by atoms with Gasteiger partial charge in [-0.05, 0) is 37.9 Å². The Bertz CT molecular complexity index is 319. The van der Waals surface area contributed by atoms with E-state index in [9.17, 15) is 0 Å². The average molecular weight is 218 g/mol. The second kappa shape index (κ2) is 4.88. The van der Waals surface area contributed by atoms with Crippen molar-refractivity contribution in [3.63, 3.8) is 0 Å². The van der Waals surface area contributed by atoms with Gasteiger partial charge < -0.3 is 10.2 Å². The Labute approximate surface area is 98.7 Å². The Balaban J connectivity index is 2.28. The van der Waals surface area contributed by atoms with Crippen LogP contribution in [0.1, 0.15) is 37.8 Å². The van der Waals surface area contributed by atoms with E-state index >= 15 is 0 Å². The minimum Gasteiger partial charge on any atom is -0.371 e. The number of nitrogens with one attached hydrogen (secondary N) is 1. The molecular weight excluding hydrogens is 196 g/mol. The van der Waals surface area contributed by atoms with Gasteiger partial charge in [-0.1, -0.05) is 25.1 Å². The van der Waals surface area contributed by atoms with E-state index in [2.05, 4.69) is 48.5 Å². The molecular formula is C14H22N2. The van der Waals surface area contributed by atoms with E-state index in [1.54, 1.807) is 0 Å². The van der Waals surface area contributed by atoms with Gasteiger partial charge in [0, 0.05) is 24.8 Å². The van der Waals surface area contributed by atoms with Crippen molar-refractivity contribution >= 4 is 5.69 Å². The highest BCUT2D eigenvalue weighted by Gasteiger charge is 2.28. The second-order valence-electron chi connectivity index (χ2n) is 4.65. The molecule has 1 N–H and O–H groups in total. The van der Waals surface area contributed by atoms with Crippen LogP contribution in [0.4, 0.5) is 5.69 Å². The van der Waals surface area contributed by atoms with Crippen LogP contribution < -0.4 is 10.2 Å². The Kier molecular flexibility index (Phi) is 3.49. The molecule has 0 amide bonds. The third-order valence-corrected chi connectivity index (χ3v) is 3.54. The van der Waals surface area contributed by atoms with Gasteiger partial charge in [0.05, 0.1) is 0 Å². The van der Waals surface area contributed by atoms with E-state index in [1.165, 1.54) is 24.1 Å². The van der Waals surface area contributed by atoms with Gasteiger partial charge in [0.15, 0.2) is 0 Å². The van der Waals surface area contributed by atoms with Crippen LogP contribution in [-0.4, -0.2) is 20.1 Å². The van der Waals surface area contributed by atoms with Crippen LogP contribution in [0.5, 0.6) is 0 Å². The minimum atomic E-state index is 0.470. The topological polar surface area (TPSA) is 15.3 Å². The van der Waals surface area contributed by atoms with Crippen LogP contribution in [0.25, 0.3) is 0 Å².